The van der Waals surface area contributed by atoms with Crippen molar-refractivity contribution in [3.05, 3.63) is 23.3 Å². The van der Waals surface area contributed by atoms with Gasteiger partial charge >= 0.3 is 5.97 Å². The van der Waals surface area contributed by atoms with Crippen LogP contribution >= 0.6 is 0 Å². The van der Waals surface area contributed by atoms with E-state index in [9.17, 15) is 9.90 Å². The van der Waals surface area contributed by atoms with E-state index >= 15 is 0 Å². The summed E-state index contributed by atoms with van der Waals surface area (Å²) in [5, 5.41) is 10.7. The Kier molecular flexibility index (Phi) is 11.5. The van der Waals surface area contributed by atoms with Crippen LogP contribution in [0.3, 0.4) is 0 Å². The fourth-order valence-electron chi connectivity index (χ4n) is 3.64. The van der Waals surface area contributed by atoms with E-state index in [2.05, 4.69) is 46.8 Å². The number of rotatable bonds is 11. The summed E-state index contributed by atoms with van der Waals surface area (Å²) in [7, 11) is 0. The number of allylic oxidation sites excluding steroid dienone is 3. The molecule has 4 atom stereocenters. The van der Waals surface area contributed by atoms with Crippen molar-refractivity contribution in [2.24, 2.45) is 11.8 Å². The molecule has 0 spiro atoms. The minimum absolute atomic E-state index is 0.135. The van der Waals surface area contributed by atoms with E-state index in [0.717, 1.165) is 24.8 Å². The van der Waals surface area contributed by atoms with Crippen LogP contribution in [0, 0.1) is 11.8 Å². The maximum Gasteiger partial charge on any atom is 0.308 e. The van der Waals surface area contributed by atoms with Crippen LogP contribution in [0.5, 0.6) is 0 Å². The van der Waals surface area contributed by atoms with E-state index < -0.39 is 24.1 Å². The van der Waals surface area contributed by atoms with E-state index in [0.29, 0.717) is 12.3 Å². The number of carbonyl (C=O) groups is 1. The van der Waals surface area contributed by atoms with Gasteiger partial charge in [0.2, 0.25) is 0 Å². The molecule has 5 heteroatoms. The average Bonchev–Trinajstić information content (AvgIpc) is 2.64. The summed E-state index contributed by atoms with van der Waals surface area (Å²) in [5.74, 6) is 0.193. The highest BCUT2D eigenvalue weighted by atomic mass is 16.7. The lowest BCUT2D eigenvalue weighted by molar-refractivity contribution is -0.304. The largest absolute Gasteiger partial charge is 0.459 e. The maximum absolute atomic E-state index is 12.1. The lowest BCUT2D eigenvalue weighted by Gasteiger charge is -2.45. The van der Waals surface area contributed by atoms with Crippen molar-refractivity contribution in [2.75, 3.05) is 0 Å². The molecular weight excluding hydrogens is 392 g/mol. The number of aliphatic hydroxyl groups is 1. The van der Waals surface area contributed by atoms with Gasteiger partial charge in [0, 0.05) is 6.42 Å². The van der Waals surface area contributed by atoms with Gasteiger partial charge in [-0.3, -0.25) is 4.79 Å². The molecule has 180 valence electrons. The topological polar surface area (TPSA) is 65.0 Å². The number of esters is 1. The molecule has 31 heavy (non-hydrogen) atoms. The second kappa shape index (κ2) is 12.8. The standard InChI is InChI=1S/C26H46O5/c1-10-12-22(20(7)15-19(6)14-11-13-17(2)3)29-25-21(27)16-23(26(8,9)31-25)30-24(28)18(4)5/h14-15,17-18,21-23,25,27H,10-13,16H2,1-9H3/b19-14+,20-15+/t21-,22+,23-,25+/m0/s1. The van der Waals surface area contributed by atoms with Crippen LogP contribution < -0.4 is 0 Å². The van der Waals surface area contributed by atoms with Gasteiger partial charge < -0.3 is 19.3 Å². The quantitative estimate of drug-likeness (QED) is 0.319. The summed E-state index contributed by atoms with van der Waals surface area (Å²) in [6.45, 7) is 18.2. The lowest BCUT2D eigenvalue weighted by atomic mass is 9.92. The third-order valence-corrected chi connectivity index (χ3v) is 5.72. The predicted octanol–water partition coefficient (Wildman–Crippen LogP) is 5.95. The van der Waals surface area contributed by atoms with Crippen molar-refractivity contribution >= 4 is 5.97 Å². The molecule has 1 fully saturated rings. The SMILES string of the molecule is CCC[C@@H](O[C@@H]1OC(C)(C)[C@@H](OC(=O)C(C)C)C[C@@H]1O)/C(C)=C/C(C)=C/CCC(C)C. The van der Waals surface area contributed by atoms with E-state index in [1.54, 1.807) is 13.8 Å². The predicted molar refractivity (Wildman–Crippen MR) is 126 cm³/mol. The van der Waals surface area contributed by atoms with Crippen LogP contribution in [0.4, 0.5) is 0 Å². The Labute approximate surface area is 190 Å². The van der Waals surface area contributed by atoms with Gasteiger partial charge in [-0.1, -0.05) is 58.8 Å². The molecule has 0 aromatic rings. The summed E-state index contributed by atoms with van der Waals surface area (Å²) < 4.78 is 18.0. The van der Waals surface area contributed by atoms with Gasteiger partial charge in [-0.05, 0) is 58.4 Å². The zero-order valence-electron chi connectivity index (χ0n) is 21.2. The summed E-state index contributed by atoms with van der Waals surface area (Å²) in [4.78, 5) is 12.1. The molecule has 0 amide bonds. The van der Waals surface area contributed by atoms with Crippen molar-refractivity contribution in [3.63, 3.8) is 0 Å². The summed E-state index contributed by atoms with van der Waals surface area (Å²) in [5.41, 5.74) is 1.62. The molecule has 0 radical (unpaired) electrons. The third kappa shape index (κ3) is 9.46. The Hall–Kier alpha value is -1.17. The molecule has 1 heterocycles. The van der Waals surface area contributed by atoms with Crippen LogP contribution in [0.2, 0.25) is 0 Å². The Balaban J connectivity index is 2.86. The molecule has 0 aromatic carbocycles. The van der Waals surface area contributed by atoms with Crippen LogP contribution in [-0.4, -0.2) is 41.3 Å². The minimum atomic E-state index is -0.854. The monoisotopic (exact) mass is 438 g/mol. The highest BCUT2D eigenvalue weighted by Crippen LogP contribution is 2.34. The number of carbonyl (C=O) groups excluding carboxylic acids is 1. The first kappa shape index (κ1) is 27.9. The number of hydrogen-bond donors (Lipinski definition) is 1. The van der Waals surface area contributed by atoms with Crippen molar-refractivity contribution in [1.29, 1.82) is 0 Å². The molecular formula is C26H46O5. The zero-order chi connectivity index (χ0) is 23.8. The van der Waals surface area contributed by atoms with Crippen LogP contribution in [0.15, 0.2) is 23.3 Å². The fraction of sp³-hybridized carbons (Fsp3) is 0.808. The summed E-state index contributed by atoms with van der Waals surface area (Å²) in [6, 6.07) is 0. The fourth-order valence-corrected chi connectivity index (χ4v) is 3.64. The van der Waals surface area contributed by atoms with Crippen molar-refractivity contribution in [3.8, 4) is 0 Å². The van der Waals surface area contributed by atoms with Gasteiger partial charge in [-0.2, -0.15) is 0 Å². The van der Waals surface area contributed by atoms with Gasteiger partial charge in [-0.15, -0.1) is 0 Å². The summed E-state index contributed by atoms with van der Waals surface area (Å²) >= 11 is 0. The van der Waals surface area contributed by atoms with Crippen LogP contribution in [-0.2, 0) is 19.0 Å². The van der Waals surface area contributed by atoms with E-state index in [-0.39, 0.29) is 18.0 Å². The van der Waals surface area contributed by atoms with E-state index in [1.165, 1.54) is 12.0 Å². The van der Waals surface area contributed by atoms with Crippen molar-refractivity contribution in [1.82, 2.24) is 0 Å². The van der Waals surface area contributed by atoms with E-state index in [4.69, 9.17) is 14.2 Å². The third-order valence-electron chi connectivity index (χ3n) is 5.72. The molecule has 5 nitrogen and oxygen atoms in total. The first-order valence-corrected chi connectivity index (χ1v) is 11.9. The molecule has 1 N–H and O–H groups in total. The van der Waals surface area contributed by atoms with Crippen molar-refractivity contribution in [2.45, 2.75) is 125 Å². The van der Waals surface area contributed by atoms with E-state index in [1.807, 2.05) is 13.8 Å². The molecule has 1 rings (SSSR count). The molecule has 1 aliphatic rings. The van der Waals surface area contributed by atoms with Gasteiger partial charge in [0.05, 0.1) is 12.0 Å². The second-order valence-electron chi connectivity index (χ2n) is 10.2. The molecule has 0 bridgehead atoms. The molecule has 0 aromatic heterocycles. The number of ether oxygens (including phenoxy) is 3. The molecule has 1 saturated heterocycles. The number of aliphatic hydroxyl groups excluding tert-OH is 1. The Bertz CT molecular complexity index is 617. The van der Waals surface area contributed by atoms with Gasteiger partial charge in [0.25, 0.3) is 0 Å². The Morgan fingerprint density at radius 2 is 1.84 bits per heavy atom. The molecule has 0 unspecified atom stereocenters. The lowest BCUT2D eigenvalue weighted by Crippen LogP contribution is -2.56. The Morgan fingerprint density at radius 1 is 1.19 bits per heavy atom. The first-order valence-electron chi connectivity index (χ1n) is 11.9. The highest BCUT2D eigenvalue weighted by Gasteiger charge is 2.46. The van der Waals surface area contributed by atoms with Gasteiger partial charge in [0.1, 0.15) is 17.8 Å². The Morgan fingerprint density at radius 3 is 2.39 bits per heavy atom. The molecule has 0 saturated carbocycles. The normalized spacial score (nSPS) is 25.7. The first-order chi connectivity index (χ1) is 14.4. The highest BCUT2D eigenvalue weighted by molar-refractivity contribution is 5.71. The molecule has 0 aliphatic carbocycles. The zero-order valence-corrected chi connectivity index (χ0v) is 21.2. The maximum atomic E-state index is 12.1. The number of hydrogen-bond acceptors (Lipinski definition) is 5. The van der Waals surface area contributed by atoms with Crippen LogP contribution in [0.1, 0.15) is 94.4 Å². The summed E-state index contributed by atoms with van der Waals surface area (Å²) in [6.07, 6.45) is 6.55. The second-order valence-corrected chi connectivity index (χ2v) is 10.2. The van der Waals surface area contributed by atoms with Crippen molar-refractivity contribution < 1.29 is 24.1 Å². The molecule has 1 aliphatic heterocycles. The van der Waals surface area contributed by atoms with Gasteiger partial charge in [-0.25, -0.2) is 0 Å². The van der Waals surface area contributed by atoms with Crippen LogP contribution in [0.25, 0.3) is 0 Å². The average molecular weight is 439 g/mol. The minimum Gasteiger partial charge on any atom is -0.459 e. The van der Waals surface area contributed by atoms with Gasteiger partial charge in [0.15, 0.2) is 6.29 Å². The smallest absolute Gasteiger partial charge is 0.308 e.